The van der Waals surface area contributed by atoms with E-state index in [4.69, 9.17) is 4.98 Å². The Kier molecular flexibility index (Phi) is 5.91. The predicted octanol–water partition coefficient (Wildman–Crippen LogP) is 4.58. The normalized spacial score (nSPS) is 18.1. The number of aromatic nitrogens is 4. The molecule has 8 heteroatoms. The number of aryl methyl sites for hydroxylation is 1. The number of thiophene rings is 1. The zero-order valence-electron chi connectivity index (χ0n) is 19.7. The van der Waals surface area contributed by atoms with Gasteiger partial charge in [0.2, 0.25) is 0 Å². The van der Waals surface area contributed by atoms with Crippen LogP contribution in [0.5, 0.6) is 0 Å². The first-order valence-corrected chi connectivity index (χ1v) is 13.1. The molecule has 1 saturated heterocycles. The second-order valence-corrected chi connectivity index (χ2v) is 10.4. The molecule has 4 heterocycles. The van der Waals surface area contributed by atoms with Crippen LogP contribution in [0.4, 0.5) is 0 Å². The van der Waals surface area contributed by atoms with E-state index in [1.165, 1.54) is 5.56 Å². The van der Waals surface area contributed by atoms with Gasteiger partial charge >= 0.3 is 0 Å². The first-order chi connectivity index (χ1) is 17.2. The van der Waals surface area contributed by atoms with Crippen LogP contribution in [0.2, 0.25) is 0 Å². The summed E-state index contributed by atoms with van der Waals surface area (Å²) in [7, 11) is 0. The number of carbonyl (C=O) groups is 1. The molecule has 1 aliphatic heterocycles. The molecule has 2 aliphatic rings. The van der Waals surface area contributed by atoms with E-state index in [2.05, 4.69) is 50.6 Å². The monoisotopic (exact) mass is 484 g/mol. The lowest BCUT2D eigenvalue weighted by atomic mass is 10.1. The summed E-state index contributed by atoms with van der Waals surface area (Å²) in [5, 5.41) is 9.91. The molecule has 3 aromatic heterocycles. The summed E-state index contributed by atoms with van der Waals surface area (Å²) in [6.45, 7) is 4.77. The number of carbonyl (C=O) groups excluding carboxylic acids is 1. The molecule has 0 bridgehead atoms. The van der Waals surface area contributed by atoms with Gasteiger partial charge in [0.15, 0.2) is 0 Å². The lowest BCUT2D eigenvalue weighted by molar-refractivity contribution is 0.0936. The Morgan fingerprint density at radius 2 is 1.97 bits per heavy atom. The molecule has 0 spiro atoms. The fourth-order valence-electron chi connectivity index (χ4n) is 4.84. The van der Waals surface area contributed by atoms with Crippen LogP contribution in [0.15, 0.2) is 60.2 Å². The van der Waals surface area contributed by atoms with Gasteiger partial charge in [-0.3, -0.25) is 9.69 Å². The lowest BCUT2D eigenvalue weighted by Gasteiger charge is -2.17. The molecular formula is C27H28N6OS. The highest BCUT2D eigenvalue weighted by Crippen LogP contribution is 2.42. The maximum absolute atomic E-state index is 13.3. The van der Waals surface area contributed by atoms with Crippen LogP contribution < -0.4 is 5.32 Å². The Labute approximate surface area is 208 Å². The van der Waals surface area contributed by atoms with Crippen LogP contribution in [0, 0.1) is 6.92 Å². The van der Waals surface area contributed by atoms with Crippen molar-refractivity contribution in [2.75, 3.05) is 13.1 Å². The van der Waals surface area contributed by atoms with E-state index in [1.807, 2.05) is 30.6 Å². The second-order valence-electron chi connectivity index (χ2n) is 9.49. The molecule has 2 fully saturated rings. The Bertz CT molecular complexity index is 1330. The molecule has 1 saturated carbocycles. The smallest absolute Gasteiger partial charge is 0.255 e. The molecule has 1 aromatic carbocycles. The fourth-order valence-corrected chi connectivity index (χ4v) is 5.62. The lowest BCUT2D eigenvalue weighted by Crippen LogP contribution is -2.37. The van der Waals surface area contributed by atoms with Crippen molar-refractivity contribution in [3.63, 3.8) is 0 Å². The number of rotatable bonds is 7. The van der Waals surface area contributed by atoms with Gasteiger partial charge < -0.3 is 5.32 Å². The third kappa shape index (κ3) is 4.63. The average molecular weight is 485 g/mol. The molecule has 1 amide bonds. The van der Waals surface area contributed by atoms with E-state index in [-0.39, 0.29) is 11.9 Å². The summed E-state index contributed by atoms with van der Waals surface area (Å²) in [5.74, 6) is 0.802. The molecule has 4 aromatic rings. The number of nitrogens with one attached hydrogen (secondary N) is 1. The van der Waals surface area contributed by atoms with E-state index in [1.54, 1.807) is 22.2 Å². The zero-order valence-corrected chi connectivity index (χ0v) is 20.5. The first kappa shape index (κ1) is 22.1. The van der Waals surface area contributed by atoms with Gasteiger partial charge in [0.25, 0.3) is 11.9 Å². The first-order valence-electron chi connectivity index (χ1n) is 12.2. The van der Waals surface area contributed by atoms with Gasteiger partial charge in [-0.15, -0.1) is 11.3 Å². The van der Waals surface area contributed by atoms with Crippen molar-refractivity contribution in [3.8, 4) is 16.5 Å². The van der Waals surface area contributed by atoms with Gasteiger partial charge in [-0.05, 0) is 48.8 Å². The molecule has 1 aliphatic carbocycles. The maximum atomic E-state index is 13.3. The number of hydrogen-bond acceptors (Lipinski definition) is 6. The number of likely N-dealkylation sites (tertiary alicyclic amines) is 1. The third-order valence-electron chi connectivity index (χ3n) is 6.77. The maximum Gasteiger partial charge on any atom is 0.255 e. The van der Waals surface area contributed by atoms with Gasteiger partial charge in [0, 0.05) is 37.8 Å². The minimum Gasteiger partial charge on any atom is -0.348 e. The Morgan fingerprint density at radius 1 is 1.11 bits per heavy atom. The quantitative estimate of drug-likeness (QED) is 0.416. The summed E-state index contributed by atoms with van der Waals surface area (Å²) in [6, 6.07) is 14.7. The summed E-state index contributed by atoms with van der Waals surface area (Å²) in [5.41, 5.74) is 4.82. The van der Waals surface area contributed by atoms with Crippen LogP contribution in [-0.4, -0.2) is 49.7 Å². The summed E-state index contributed by atoms with van der Waals surface area (Å²) in [4.78, 5) is 26.3. The molecule has 0 radical (unpaired) electrons. The highest BCUT2D eigenvalue weighted by atomic mass is 32.1. The van der Waals surface area contributed by atoms with E-state index < -0.39 is 0 Å². The minimum atomic E-state index is -0.0460. The van der Waals surface area contributed by atoms with Crippen molar-refractivity contribution in [1.82, 2.24) is 30.0 Å². The van der Waals surface area contributed by atoms with Crippen LogP contribution in [0.25, 0.3) is 16.5 Å². The Balaban J connectivity index is 1.21. The van der Waals surface area contributed by atoms with Gasteiger partial charge in [-0.2, -0.15) is 5.10 Å². The van der Waals surface area contributed by atoms with Crippen molar-refractivity contribution in [1.29, 1.82) is 0 Å². The Morgan fingerprint density at radius 3 is 2.74 bits per heavy atom. The van der Waals surface area contributed by atoms with Crippen molar-refractivity contribution in [2.24, 2.45) is 0 Å². The molecule has 35 heavy (non-hydrogen) atoms. The summed E-state index contributed by atoms with van der Waals surface area (Å²) >= 11 is 1.66. The number of amides is 1. The molecular weight excluding hydrogens is 456 g/mol. The standard InChI is InChI=1S/C27H28N6OS/c1-18-14-28-27(31-24(18)23-8-5-13-35-23)33-25(20-9-10-20)22(15-29-33)26(34)30-21-11-12-32(17-21)16-19-6-3-2-4-7-19/h2-8,13-15,20-21H,9-12,16-17H2,1H3,(H,30,34)/t21-/m0/s1. The third-order valence-corrected chi connectivity index (χ3v) is 7.65. The fraction of sp³-hybridized carbons (Fsp3) is 0.333. The molecule has 6 rings (SSSR count). The molecule has 0 unspecified atom stereocenters. The zero-order chi connectivity index (χ0) is 23.8. The van der Waals surface area contributed by atoms with E-state index in [9.17, 15) is 4.79 Å². The SMILES string of the molecule is Cc1cnc(-n2ncc(C(=O)N[C@H]3CCN(Cc4ccccc4)C3)c2C2CC2)nc1-c1cccs1. The van der Waals surface area contributed by atoms with E-state index in [0.29, 0.717) is 17.4 Å². The molecule has 1 atom stereocenters. The topological polar surface area (TPSA) is 75.9 Å². The van der Waals surface area contributed by atoms with Crippen LogP contribution in [0.1, 0.15) is 52.4 Å². The van der Waals surface area contributed by atoms with Crippen molar-refractivity contribution in [2.45, 2.75) is 44.7 Å². The second kappa shape index (κ2) is 9.36. The highest BCUT2D eigenvalue weighted by Gasteiger charge is 2.34. The van der Waals surface area contributed by atoms with Crippen LogP contribution >= 0.6 is 11.3 Å². The van der Waals surface area contributed by atoms with E-state index in [0.717, 1.165) is 60.7 Å². The van der Waals surface area contributed by atoms with Crippen molar-refractivity contribution in [3.05, 3.63) is 82.6 Å². The predicted molar refractivity (Wildman–Crippen MR) is 137 cm³/mol. The molecule has 7 nitrogen and oxygen atoms in total. The van der Waals surface area contributed by atoms with Crippen molar-refractivity contribution < 1.29 is 4.79 Å². The molecule has 1 N–H and O–H groups in total. The number of nitrogens with zero attached hydrogens (tertiary/aromatic N) is 5. The minimum absolute atomic E-state index is 0.0460. The largest absolute Gasteiger partial charge is 0.348 e. The van der Waals surface area contributed by atoms with Crippen molar-refractivity contribution >= 4 is 17.2 Å². The summed E-state index contributed by atoms with van der Waals surface area (Å²) < 4.78 is 1.78. The average Bonchev–Trinajstić information content (AvgIpc) is 3.25. The summed E-state index contributed by atoms with van der Waals surface area (Å²) in [6.07, 6.45) is 6.60. The molecule has 178 valence electrons. The van der Waals surface area contributed by atoms with Crippen LogP contribution in [0.3, 0.4) is 0 Å². The number of benzene rings is 1. The van der Waals surface area contributed by atoms with Gasteiger partial charge in [-0.25, -0.2) is 14.6 Å². The van der Waals surface area contributed by atoms with E-state index >= 15 is 0 Å². The highest BCUT2D eigenvalue weighted by molar-refractivity contribution is 7.13. The van der Waals surface area contributed by atoms with Gasteiger partial charge in [-0.1, -0.05) is 36.4 Å². The van der Waals surface area contributed by atoms with Gasteiger partial charge in [0.1, 0.15) is 0 Å². The van der Waals surface area contributed by atoms with Crippen LogP contribution in [-0.2, 0) is 6.54 Å². The Hall–Kier alpha value is -3.36. The number of hydrogen-bond donors (Lipinski definition) is 1. The van der Waals surface area contributed by atoms with Gasteiger partial charge in [0.05, 0.1) is 28.0 Å².